The molecule has 0 aliphatic rings. The highest BCUT2D eigenvalue weighted by molar-refractivity contribution is 5.98. The second-order valence-electron chi connectivity index (χ2n) is 30.0. The molecule has 9 atom stereocenters. The maximum absolute atomic E-state index is 14.7. The molecule has 9 N–H and O–H groups in total. The molecule has 3 rings (SSSR count). The quantitative estimate of drug-likeness (QED) is 0.0148. The Labute approximate surface area is 614 Å². The van der Waals surface area contributed by atoms with Crippen molar-refractivity contribution in [3.63, 3.8) is 0 Å². The SMILES string of the molecule is CCCCCCCCCCCCCC(CC(=O)OCc1ccccc1)OC(=O)[C@@H](NC(=O)[C@@H](CC(C)C)NC(=O)[C@H](CC(=O)OC(C)(C)C)NC(=O)[C@@H](NC(=O)[C@@H](CC(C)C)NC(=O)[C@H](CC(C)C)NC(=O)[C@@H](N)CCC(=O)NC(c1ccc(OC)cc1)c1ccc(OC)cc1)C(C)C)[C@@H](C)CC. The van der Waals surface area contributed by atoms with Gasteiger partial charge in [0.2, 0.25) is 41.4 Å². The summed E-state index contributed by atoms with van der Waals surface area (Å²) >= 11 is 0. The Balaban J connectivity index is 1.83. The molecule has 576 valence electrons. The number of esters is 3. The minimum Gasteiger partial charge on any atom is -0.497 e. The van der Waals surface area contributed by atoms with Crippen molar-refractivity contribution in [1.29, 1.82) is 0 Å². The van der Waals surface area contributed by atoms with E-state index in [1.165, 1.54) is 38.5 Å². The molecule has 1 unspecified atom stereocenters. The van der Waals surface area contributed by atoms with Crippen molar-refractivity contribution < 1.29 is 71.6 Å². The minimum atomic E-state index is -1.67. The third-order valence-corrected chi connectivity index (χ3v) is 17.7. The Morgan fingerprint density at radius 1 is 0.466 bits per heavy atom. The molecule has 0 heterocycles. The van der Waals surface area contributed by atoms with Crippen molar-refractivity contribution in [1.82, 2.24) is 37.2 Å². The van der Waals surface area contributed by atoms with E-state index in [2.05, 4.69) is 44.1 Å². The van der Waals surface area contributed by atoms with E-state index >= 15 is 0 Å². The Kier molecular flexibility index (Phi) is 40.9. The fourth-order valence-electron chi connectivity index (χ4n) is 11.7. The lowest BCUT2D eigenvalue weighted by molar-refractivity contribution is -0.160. The molecular formula is C80H126N8O15. The van der Waals surface area contributed by atoms with Gasteiger partial charge in [0, 0.05) is 6.42 Å². The van der Waals surface area contributed by atoms with E-state index in [1.54, 1.807) is 80.0 Å². The van der Waals surface area contributed by atoms with Crippen LogP contribution in [0.2, 0.25) is 0 Å². The summed E-state index contributed by atoms with van der Waals surface area (Å²) in [5.74, 6) is -7.60. The zero-order chi connectivity index (χ0) is 76.8. The summed E-state index contributed by atoms with van der Waals surface area (Å²) in [4.78, 5) is 142. The van der Waals surface area contributed by atoms with E-state index in [4.69, 9.17) is 29.4 Å². The van der Waals surface area contributed by atoms with Crippen LogP contribution in [0.4, 0.5) is 0 Å². The van der Waals surface area contributed by atoms with Crippen LogP contribution in [-0.4, -0.2) is 127 Å². The first kappa shape index (κ1) is 89.1. The van der Waals surface area contributed by atoms with Gasteiger partial charge in [-0.1, -0.05) is 201 Å². The highest BCUT2D eigenvalue weighted by atomic mass is 16.6. The van der Waals surface area contributed by atoms with Gasteiger partial charge >= 0.3 is 17.9 Å². The van der Waals surface area contributed by atoms with Crippen LogP contribution in [0.25, 0.3) is 0 Å². The van der Waals surface area contributed by atoms with E-state index in [9.17, 15) is 47.9 Å². The van der Waals surface area contributed by atoms with Gasteiger partial charge in [0.25, 0.3) is 0 Å². The van der Waals surface area contributed by atoms with Crippen LogP contribution >= 0.6 is 0 Å². The monoisotopic (exact) mass is 1440 g/mol. The van der Waals surface area contributed by atoms with Crippen LogP contribution in [-0.2, 0) is 68.8 Å². The summed E-state index contributed by atoms with van der Waals surface area (Å²) in [6.45, 7) is 25.2. The Hall–Kier alpha value is -8.08. The second-order valence-corrected chi connectivity index (χ2v) is 30.0. The average Bonchev–Trinajstić information content (AvgIpc) is 0.847. The van der Waals surface area contributed by atoms with Gasteiger partial charge in [-0.3, -0.25) is 43.2 Å². The lowest BCUT2D eigenvalue weighted by Crippen LogP contribution is -2.61. The number of ether oxygens (including phenoxy) is 5. The topological polar surface area (TPSA) is 327 Å². The molecule has 0 aliphatic carbocycles. The number of benzene rings is 3. The molecule has 103 heavy (non-hydrogen) atoms. The first-order valence-corrected chi connectivity index (χ1v) is 37.5. The van der Waals surface area contributed by atoms with Crippen LogP contribution in [0, 0.1) is 29.6 Å². The van der Waals surface area contributed by atoms with Crippen LogP contribution in [0.1, 0.15) is 248 Å². The van der Waals surface area contributed by atoms with Gasteiger partial charge in [-0.15, -0.1) is 0 Å². The average molecular weight is 1440 g/mol. The molecular weight excluding hydrogens is 1310 g/mol. The molecule has 23 heteroatoms. The predicted molar refractivity (Wildman–Crippen MR) is 400 cm³/mol. The number of rotatable bonds is 49. The van der Waals surface area contributed by atoms with E-state index < -0.39 is 132 Å². The largest absolute Gasteiger partial charge is 0.497 e. The van der Waals surface area contributed by atoms with Gasteiger partial charge in [-0.2, -0.15) is 0 Å². The molecule has 0 saturated carbocycles. The van der Waals surface area contributed by atoms with Crippen molar-refractivity contribution in [3.05, 3.63) is 95.6 Å². The summed E-state index contributed by atoms with van der Waals surface area (Å²) in [6.07, 6.45) is 11.4. The Morgan fingerprint density at radius 2 is 0.903 bits per heavy atom. The predicted octanol–water partition coefficient (Wildman–Crippen LogP) is 11.2. The third kappa shape index (κ3) is 35.3. The smallest absolute Gasteiger partial charge is 0.329 e. The normalized spacial score (nSPS) is 14.2. The van der Waals surface area contributed by atoms with Crippen LogP contribution in [0.15, 0.2) is 78.9 Å². The number of hydrogen-bond acceptors (Lipinski definition) is 16. The molecule has 3 aromatic carbocycles. The summed E-state index contributed by atoms with van der Waals surface area (Å²) < 4.78 is 28.1. The molecule has 0 radical (unpaired) electrons. The van der Waals surface area contributed by atoms with Crippen LogP contribution in [0.3, 0.4) is 0 Å². The number of carbonyl (C=O) groups excluding carboxylic acids is 10. The Bertz CT molecular complexity index is 3020. The van der Waals surface area contributed by atoms with E-state index in [-0.39, 0.29) is 68.8 Å². The van der Waals surface area contributed by atoms with E-state index in [0.29, 0.717) is 30.8 Å². The number of carbonyl (C=O) groups is 10. The van der Waals surface area contributed by atoms with Crippen molar-refractivity contribution in [2.75, 3.05) is 14.2 Å². The number of amides is 7. The Morgan fingerprint density at radius 3 is 1.35 bits per heavy atom. The number of nitrogens with one attached hydrogen (secondary N) is 7. The first-order valence-electron chi connectivity index (χ1n) is 37.5. The molecule has 0 spiro atoms. The standard InChI is InChI=1S/C80H126N8O15/c1-17-19-20-21-22-23-24-25-26-27-31-34-61(48-68(90)101-50-56-32-29-28-30-33-56)102-79(98)71(55(11)18-2)88-77(96)65(47-53(7)8)84-75(94)66(49-69(91)103-80(12,13)14)85-78(97)70(54(9)10)87-76(95)64(46-52(5)6)83-74(93)63(45-51(3)4)82-73(92)62(81)43-44-67(89)86-72(57-35-39-59(99-15)40-36-57)58-37-41-60(100-16)42-38-58/h28-30,32-33,35-42,51-55,61-66,70-72H,17-27,31,34,43-50,81H2,1-16H3,(H,82,92)(H,83,93)(H,84,94)(H,85,97)(H,86,89)(H,87,95)(H,88,96)/t55-,61?,62-,63-,64+,65+,66-,70-,71-/m0/s1. The summed E-state index contributed by atoms with van der Waals surface area (Å²) in [5, 5.41) is 19.6. The van der Waals surface area contributed by atoms with Crippen molar-refractivity contribution >= 4 is 59.3 Å². The molecule has 0 aliphatic heterocycles. The molecule has 0 aromatic heterocycles. The van der Waals surface area contributed by atoms with Crippen LogP contribution in [0.5, 0.6) is 11.5 Å². The molecule has 3 aromatic rings. The zero-order valence-electron chi connectivity index (χ0n) is 64.6. The van der Waals surface area contributed by atoms with Gasteiger partial charge in [0.05, 0.1) is 39.1 Å². The minimum absolute atomic E-state index is 0.0442. The van der Waals surface area contributed by atoms with Crippen molar-refractivity contribution in [2.45, 2.75) is 292 Å². The number of methoxy groups -OCH3 is 2. The number of hydrogen-bond donors (Lipinski definition) is 8. The lowest BCUT2D eigenvalue weighted by atomic mass is 9.97. The molecule has 0 bridgehead atoms. The van der Waals surface area contributed by atoms with E-state index in [0.717, 1.165) is 42.4 Å². The fraction of sp³-hybridized carbons (Fsp3) is 0.650. The summed E-state index contributed by atoms with van der Waals surface area (Å²) in [6, 6.07) is 14.0. The highest BCUT2D eigenvalue weighted by Crippen LogP contribution is 2.27. The molecule has 23 nitrogen and oxygen atoms in total. The maximum Gasteiger partial charge on any atom is 0.329 e. The highest BCUT2D eigenvalue weighted by Gasteiger charge is 2.38. The van der Waals surface area contributed by atoms with Gasteiger partial charge in [-0.05, 0) is 130 Å². The summed E-state index contributed by atoms with van der Waals surface area (Å²) in [5.41, 5.74) is 7.77. The second kappa shape index (κ2) is 47.3. The number of unbranched alkanes of at least 4 members (excludes halogenated alkanes) is 10. The van der Waals surface area contributed by atoms with Crippen LogP contribution < -0.4 is 52.4 Å². The van der Waals surface area contributed by atoms with Gasteiger partial charge in [0.15, 0.2) is 0 Å². The molecule has 7 amide bonds. The van der Waals surface area contributed by atoms with Crippen molar-refractivity contribution in [2.24, 2.45) is 35.3 Å². The fourth-order valence-corrected chi connectivity index (χ4v) is 11.7. The van der Waals surface area contributed by atoms with E-state index in [1.807, 2.05) is 103 Å². The van der Waals surface area contributed by atoms with Crippen molar-refractivity contribution in [3.8, 4) is 11.5 Å². The number of nitrogens with two attached hydrogens (primary N) is 1. The maximum atomic E-state index is 14.7. The zero-order valence-corrected chi connectivity index (χ0v) is 64.6. The lowest BCUT2D eigenvalue weighted by Gasteiger charge is -2.30. The van der Waals surface area contributed by atoms with Gasteiger partial charge in [-0.25, -0.2) is 4.79 Å². The molecule has 0 fully saturated rings. The van der Waals surface area contributed by atoms with Gasteiger partial charge < -0.3 is 66.6 Å². The first-order chi connectivity index (χ1) is 48.8. The molecule has 0 saturated heterocycles. The van der Waals surface area contributed by atoms with Gasteiger partial charge in [0.1, 0.15) is 66.1 Å². The third-order valence-electron chi connectivity index (χ3n) is 17.7. The summed E-state index contributed by atoms with van der Waals surface area (Å²) in [7, 11) is 3.12.